The van der Waals surface area contributed by atoms with Crippen molar-refractivity contribution in [1.82, 2.24) is 14.6 Å². The maximum absolute atomic E-state index is 4.33. The Morgan fingerprint density at radius 1 is 1.56 bits per heavy atom. The predicted molar refractivity (Wildman–Crippen MR) is 65.4 cm³/mol. The van der Waals surface area contributed by atoms with Gasteiger partial charge in [0, 0.05) is 6.20 Å². The van der Waals surface area contributed by atoms with E-state index in [1.165, 1.54) is 11.1 Å². The number of aryl methyl sites for hydroxylation is 1. The van der Waals surface area contributed by atoms with E-state index in [2.05, 4.69) is 34.9 Å². The molecule has 0 unspecified atom stereocenters. The van der Waals surface area contributed by atoms with Crippen LogP contribution in [0.4, 0.5) is 0 Å². The van der Waals surface area contributed by atoms with Crippen molar-refractivity contribution in [3.05, 3.63) is 54.0 Å². The largest absolute Gasteiger partial charge is 0.221 e. The van der Waals surface area contributed by atoms with Crippen LogP contribution < -0.4 is 0 Å². The number of allylic oxidation sites excluding steroid dienone is 3. The second-order valence-corrected chi connectivity index (χ2v) is 3.85. The highest BCUT2D eigenvalue weighted by Gasteiger charge is 1.99. The third kappa shape index (κ3) is 2.19. The van der Waals surface area contributed by atoms with Gasteiger partial charge in [-0.25, -0.2) is 9.50 Å². The minimum absolute atomic E-state index is 0.801. The van der Waals surface area contributed by atoms with Crippen molar-refractivity contribution in [3.63, 3.8) is 0 Å². The molecule has 0 aliphatic rings. The van der Waals surface area contributed by atoms with Gasteiger partial charge in [0.2, 0.25) is 0 Å². The molecule has 2 heterocycles. The molecule has 0 saturated carbocycles. The van der Waals surface area contributed by atoms with Crippen LogP contribution in [0.15, 0.2) is 42.6 Å². The van der Waals surface area contributed by atoms with E-state index in [0.29, 0.717) is 0 Å². The third-order valence-corrected chi connectivity index (χ3v) is 2.49. The van der Waals surface area contributed by atoms with Gasteiger partial charge in [-0.05, 0) is 38.0 Å². The Balaban J connectivity index is 2.28. The molecule has 0 aliphatic heterocycles. The fourth-order valence-electron chi connectivity index (χ4n) is 1.52. The van der Waals surface area contributed by atoms with Gasteiger partial charge in [-0.2, -0.15) is 5.10 Å². The lowest BCUT2D eigenvalue weighted by Gasteiger charge is -1.98. The molecule has 0 saturated heterocycles. The number of rotatable bonds is 3. The molecule has 2 aromatic heterocycles. The first-order chi connectivity index (χ1) is 7.69. The fourth-order valence-corrected chi connectivity index (χ4v) is 1.52. The molecule has 0 spiro atoms. The van der Waals surface area contributed by atoms with E-state index < -0.39 is 0 Å². The minimum Gasteiger partial charge on any atom is -0.221 e. The number of nitrogens with zero attached hydrogens (tertiary/aromatic N) is 3. The van der Waals surface area contributed by atoms with Gasteiger partial charge in [-0.3, -0.25) is 0 Å². The quantitative estimate of drug-likeness (QED) is 0.734. The van der Waals surface area contributed by atoms with E-state index >= 15 is 0 Å². The van der Waals surface area contributed by atoms with Crippen LogP contribution >= 0.6 is 0 Å². The summed E-state index contributed by atoms with van der Waals surface area (Å²) in [5.41, 5.74) is 3.33. The molecule has 0 aliphatic carbocycles. The summed E-state index contributed by atoms with van der Waals surface area (Å²) in [7, 11) is 0. The summed E-state index contributed by atoms with van der Waals surface area (Å²) in [6.45, 7) is 7.68. The smallest absolute Gasteiger partial charge is 0.155 e. The number of hydrogen-bond donors (Lipinski definition) is 0. The van der Waals surface area contributed by atoms with E-state index in [0.717, 1.165) is 17.9 Å². The lowest BCUT2D eigenvalue weighted by molar-refractivity contribution is 0.926. The zero-order chi connectivity index (χ0) is 11.5. The van der Waals surface area contributed by atoms with Gasteiger partial charge in [0.05, 0.1) is 0 Å². The first kappa shape index (κ1) is 10.6. The van der Waals surface area contributed by atoms with Crippen molar-refractivity contribution >= 4 is 5.65 Å². The minimum atomic E-state index is 0.801. The van der Waals surface area contributed by atoms with Crippen molar-refractivity contribution in [2.24, 2.45) is 0 Å². The van der Waals surface area contributed by atoms with Crippen LogP contribution in [-0.2, 0) is 6.42 Å². The normalized spacial score (nSPS) is 12.0. The summed E-state index contributed by atoms with van der Waals surface area (Å²) >= 11 is 0. The monoisotopic (exact) mass is 213 g/mol. The second kappa shape index (κ2) is 4.31. The van der Waals surface area contributed by atoms with Crippen LogP contribution in [-0.4, -0.2) is 14.6 Å². The van der Waals surface area contributed by atoms with Gasteiger partial charge >= 0.3 is 0 Å². The third-order valence-electron chi connectivity index (χ3n) is 2.49. The van der Waals surface area contributed by atoms with Crippen molar-refractivity contribution in [1.29, 1.82) is 0 Å². The Hall–Kier alpha value is -1.90. The molecule has 3 heteroatoms. The Kier molecular flexibility index (Phi) is 2.86. The number of pyridine rings is 1. The highest BCUT2D eigenvalue weighted by molar-refractivity contribution is 5.41. The number of aromatic nitrogens is 3. The molecule has 0 atom stereocenters. The number of hydrogen-bond acceptors (Lipinski definition) is 2. The predicted octanol–water partition coefficient (Wildman–Crippen LogP) is 2.71. The molecule has 0 fully saturated rings. The fraction of sp³-hybridized carbons (Fsp3) is 0.231. The van der Waals surface area contributed by atoms with E-state index in [-0.39, 0.29) is 0 Å². The standard InChI is InChI=1S/C13H15N3/c1-4-10(2)5-6-12-7-8-16-13(9-12)14-11(3)15-16/h4-5,7-9H,1,6H2,2-3H3. The lowest BCUT2D eigenvalue weighted by atomic mass is 10.1. The zero-order valence-corrected chi connectivity index (χ0v) is 9.64. The Morgan fingerprint density at radius 2 is 2.38 bits per heavy atom. The molecule has 82 valence electrons. The number of fused-ring (bicyclic) bond motifs is 1. The first-order valence-electron chi connectivity index (χ1n) is 5.30. The van der Waals surface area contributed by atoms with Crippen molar-refractivity contribution in [2.75, 3.05) is 0 Å². The SMILES string of the molecule is C=CC(C)=CCc1ccn2nc(C)nc2c1. The summed E-state index contributed by atoms with van der Waals surface area (Å²) in [6, 6.07) is 4.13. The molecular formula is C13H15N3. The molecule has 2 rings (SSSR count). The molecule has 0 amide bonds. The molecule has 2 aromatic rings. The van der Waals surface area contributed by atoms with Crippen LogP contribution in [0.25, 0.3) is 5.65 Å². The van der Waals surface area contributed by atoms with Crippen molar-refractivity contribution in [3.8, 4) is 0 Å². The topological polar surface area (TPSA) is 30.2 Å². The first-order valence-corrected chi connectivity index (χ1v) is 5.30. The average Bonchev–Trinajstić information content (AvgIpc) is 2.65. The highest BCUT2D eigenvalue weighted by Crippen LogP contribution is 2.08. The zero-order valence-electron chi connectivity index (χ0n) is 9.64. The Morgan fingerprint density at radius 3 is 3.12 bits per heavy atom. The molecule has 0 aromatic carbocycles. The Bertz CT molecular complexity index is 549. The van der Waals surface area contributed by atoms with Crippen LogP contribution in [0, 0.1) is 6.92 Å². The van der Waals surface area contributed by atoms with Crippen LogP contribution in [0.3, 0.4) is 0 Å². The molecule has 0 N–H and O–H groups in total. The van der Waals surface area contributed by atoms with Crippen LogP contribution in [0.5, 0.6) is 0 Å². The summed E-state index contributed by atoms with van der Waals surface area (Å²) in [6.07, 6.45) is 6.86. The van der Waals surface area contributed by atoms with Crippen LogP contribution in [0.2, 0.25) is 0 Å². The maximum atomic E-state index is 4.33. The van der Waals surface area contributed by atoms with E-state index in [1.54, 1.807) is 4.52 Å². The summed E-state index contributed by atoms with van der Waals surface area (Å²) in [5, 5.41) is 4.24. The van der Waals surface area contributed by atoms with Crippen molar-refractivity contribution < 1.29 is 0 Å². The average molecular weight is 213 g/mol. The van der Waals surface area contributed by atoms with Gasteiger partial charge in [0.25, 0.3) is 0 Å². The maximum Gasteiger partial charge on any atom is 0.155 e. The second-order valence-electron chi connectivity index (χ2n) is 3.85. The summed E-state index contributed by atoms with van der Waals surface area (Å²) < 4.78 is 1.79. The van der Waals surface area contributed by atoms with E-state index in [9.17, 15) is 0 Å². The van der Waals surface area contributed by atoms with E-state index in [4.69, 9.17) is 0 Å². The highest BCUT2D eigenvalue weighted by atomic mass is 15.3. The molecule has 0 radical (unpaired) electrons. The molecule has 0 bridgehead atoms. The van der Waals surface area contributed by atoms with Gasteiger partial charge in [0.1, 0.15) is 5.82 Å². The van der Waals surface area contributed by atoms with Gasteiger partial charge in [-0.15, -0.1) is 0 Å². The lowest BCUT2D eigenvalue weighted by Crippen LogP contribution is -1.89. The van der Waals surface area contributed by atoms with E-state index in [1.807, 2.05) is 26.1 Å². The molecular weight excluding hydrogens is 198 g/mol. The van der Waals surface area contributed by atoms with Gasteiger partial charge in [0.15, 0.2) is 5.65 Å². The van der Waals surface area contributed by atoms with Crippen LogP contribution in [0.1, 0.15) is 18.3 Å². The summed E-state index contributed by atoms with van der Waals surface area (Å²) in [5.74, 6) is 0.801. The van der Waals surface area contributed by atoms with Crippen molar-refractivity contribution in [2.45, 2.75) is 20.3 Å². The molecule has 3 nitrogen and oxygen atoms in total. The molecule has 16 heavy (non-hydrogen) atoms. The Labute approximate surface area is 95.1 Å². The summed E-state index contributed by atoms with van der Waals surface area (Å²) in [4.78, 5) is 4.33. The van der Waals surface area contributed by atoms with Gasteiger partial charge < -0.3 is 0 Å². The van der Waals surface area contributed by atoms with Gasteiger partial charge in [-0.1, -0.05) is 24.3 Å².